The molecule has 0 unspecified atom stereocenters. The van der Waals surface area contributed by atoms with Gasteiger partial charge < -0.3 is 15.2 Å². The normalized spacial score (nSPS) is 12.0. The summed E-state index contributed by atoms with van der Waals surface area (Å²) in [5.41, 5.74) is 1.29. The first-order chi connectivity index (χ1) is 8.54. The number of hydrogen-bond donors (Lipinski definition) is 2. The molecule has 0 aromatic carbocycles. The first kappa shape index (κ1) is 15.6. The summed E-state index contributed by atoms with van der Waals surface area (Å²) in [6, 6.07) is 0. The lowest BCUT2D eigenvalue weighted by Crippen LogP contribution is -2.17. The first-order valence-electron chi connectivity index (χ1n) is 6.38. The molecule has 0 saturated heterocycles. The first-order valence-corrected chi connectivity index (χ1v) is 7.26. The largest absolute Gasteiger partial charge is 0.394 e. The van der Waals surface area contributed by atoms with Gasteiger partial charge in [0, 0.05) is 23.9 Å². The number of thiazole rings is 1. The minimum atomic E-state index is 0.0993. The van der Waals surface area contributed by atoms with Gasteiger partial charge in [0.05, 0.1) is 18.9 Å². The molecule has 0 spiro atoms. The average molecular weight is 272 g/mol. The second-order valence-electron chi connectivity index (χ2n) is 5.24. The molecular weight excluding hydrogens is 248 g/mol. The number of hydrogen-bond acceptors (Lipinski definition) is 5. The van der Waals surface area contributed by atoms with Crippen molar-refractivity contribution in [2.24, 2.45) is 0 Å². The summed E-state index contributed by atoms with van der Waals surface area (Å²) in [5, 5.41) is 15.2. The van der Waals surface area contributed by atoms with Crippen LogP contribution in [0.25, 0.3) is 0 Å². The Labute approximate surface area is 113 Å². The van der Waals surface area contributed by atoms with Gasteiger partial charge in [0.25, 0.3) is 0 Å². The fourth-order valence-corrected chi connectivity index (χ4v) is 2.39. The van der Waals surface area contributed by atoms with Crippen molar-refractivity contribution in [3.8, 4) is 0 Å². The number of ether oxygens (including phenoxy) is 1. The minimum absolute atomic E-state index is 0.0993. The van der Waals surface area contributed by atoms with Gasteiger partial charge in [-0.3, -0.25) is 0 Å². The van der Waals surface area contributed by atoms with Gasteiger partial charge in [-0.2, -0.15) is 0 Å². The number of aromatic nitrogens is 1. The molecule has 0 fully saturated rings. The van der Waals surface area contributed by atoms with Gasteiger partial charge in [-0.25, -0.2) is 4.98 Å². The van der Waals surface area contributed by atoms with E-state index in [0.717, 1.165) is 30.2 Å². The van der Waals surface area contributed by atoms with Crippen molar-refractivity contribution < 1.29 is 9.84 Å². The number of rotatable bonds is 8. The molecule has 1 aromatic heterocycles. The summed E-state index contributed by atoms with van der Waals surface area (Å²) >= 11 is 1.71. The van der Waals surface area contributed by atoms with Gasteiger partial charge in [0.2, 0.25) is 0 Å². The van der Waals surface area contributed by atoms with Crippen molar-refractivity contribution in [3.05, 3.63) is 16.1 Å². The zero-order chi connectivity index (χ0) is 13.4. The Hall–Kier alpha value is -0.490. The van der Waals surface area contributed by atoms with Crippen LogP contribution < -0.4 is 5.32 Å². The predicted molar refractivity (Wildman–Crippen MR) is 75.0 cm³/mol. The van der Waals surface area contributed by atoms with Crippen molar-refractivity contribution in [1.82, 2.24) is 10.3 Å². The smallest absolute Gasteiger partial charge is 0.107 e. The summed E-state index contributed by atoms with van der Waals surface area (Å²) in [6.07, 6.45) is 0.956. The molecule has 0 saturated carbocycles. The van der Waals surface area contributed by atoms with E-state index in [1.54, 1.807) is 11.3 Å². The number of aliphatic hydroxyl groups excluding tert-OH is 1. The zero-order valence-electron chi connectivity index (χ0n) is 11.5. The minimum Gasteiger partial charge on any atom is -0.394 e. The van der Waals surface area contributed by atoms with Crippen LogP contribution >= 0.6 is 11.3 Å². The van der Waals surface area contributed by atoms with Crippen molar-refractivity contribution in [1.29, 1.82) is 0 Å². The molecule has 104 valence electrons. The van der Waals surface area contributed by atoms with Crippen LogP contribution in [0.5, 0.6) is 0 Å². The topological polar surface area (TPSA) is 54.4 Å². The second-order valence-corrected chi connectivity index (χ2v) is 6.19. The van der Waals surface area contributed by atoms with E-state index in [-0.39, 0.29) is 12.0 Å². The van der Waals surface area contributed by atoms with E-state index >= 15 is 0 Å². The molecule has 5 heteroatoms. The Morgan fingerprint density at radius 2 is 2.17 bits per heavy atom. The van der Waals surface area contributed by atoms with Gasteiger partial charge in [-0.1, -0.05) is 20.8 Å². The van der Waals surface area contributed by atoms with Crippen LogP contribution in [0, 0.1) is 0 Å². The molecule has 2 N–H and O–H groups in total. The van der Waals surface area contributed by atoms with Crippen LogP contribution in [0.1, 0.15) is 37.9 Å². The standard InChI is InChI=1S/C13H24N2O2S/c1-13(2,3)11-10-18-12(15-11)9-14-5-4-7-17-8-6-16/h10,14,16H,4-9H2,1-3H3. The van der Waals surface area contributed by atoms with Gasteiger partial charge in [-0.15, -0.1) is 11.3 Å². The molecule has 0 amide bonds. The highest BCUT2D eigenvalue weighted by molar-refractivity contribution is 7.09. The Morgan fingerprint density at radius 3 is 2.78 bits per heavy atom. The maximum absolute atomic E-state index is 8.54. The van der Waals surface area contributed by atoms with Crippen molar-refractivity contribution in [2.45, 2.75) is 39.2 Å². The Kier molecular flexibility index (Phi) is 6.78. The summed E-state index contributed by atoms with van der Waals surface area (Å²) in [4.78, 5) is 4.62. The number of aliphatic hydroxyl groups is 1. The molecular formula is C13H24N2O2S. The maximum atomic E-state index is 8.54. The van der Waals surface area contributed by atoms with Crippen LogP contribution in [-0.4, -0.2) is 36.5 Å². The Balaban J connectivity index is 2.14. The molecule has 1 aromatic rings. The summed E-state index contributed by atoms with van der Waals surface area (Å²) in [7, 11) is 0. The lowest BCUT2D eigenvalue weighted by Gasteiger charge is -2.14. The lowest BCUT2D eigenvalue weighted by atomic mass is 9.93. The van der Waals surface area contributed by atoms with Crippen LogP contribution in [0.2, 0.25) is 0 Å². The van der Waals surface area contributed by atoms with Crippen LogP contribution in [-0.2, 0) is 16.7 Å². The van der Waals surface area contributed by atoms with Crippen LogP contribution in [0.15, 0.2) is 5.38 Å². The SMILES string of the molecule is CC(C)(C)c1csc(CNCCCOCCO)n1. The Morgan fingerprint density at radius 1 is 1.39 bits per heavy atom. The van der Waals surface area contributed by atoms with Crippen LogP contribution in [0.3, 0.4) is 0 Å². The van der Waals surface area contributed by atoms with E-state index in [4.69, 9.17) is 9.84 Å². The van der Waals surface area contributed by atoms with Gasteiger partial charge in [0.1, 0.15) is 5.01 Å². The molecule has 0 aliphatic carbocycles. The fourth-order valence-electron chi connectivity index (χ4n) is 1.40. The molecule has 0 aliphatic heterocycles. The predicted octanol–water partition coefficient (Wildman–Crippen LogP) is 1.93. The maximum Gasteiger partial charge on any atom is 0.107 e. The number of nitrogens with one attached hydrogen (secondary N) is 1. The molecule has 0 atom stereocenters. The third kappa shape index (κ3) is 5.91. The van der Waals surface area contributed by atoms with E-state index in [1.807, 2.05) is 0 Å². The second kappa shape index (κ2) is 7.84. The van der Waals surface area contributed by atoms with Gasteiger partial charge in [-0.05, 0) is 13.0 Å². The lowest BCUT2D eigenvalue weighted by molar-refractivity contribution is 0.0907. The van der Waals surface area contributed by atoms with E-state index in [0.29, 0.717) is 13.2 Å². The third-order valence-corrected chi connectivity index (χ3v) is 3.32. The van der Waals surface area contributed by atoms with Crippen LogP contribution in [0.4, 0.5) is 0 Å². The summed E-state index contributed by atoms with van der Waals surface area (Å²) in [5.74, 6) is 0. The molecule has 0 aliphatic rings. The summed E-state index contributed by atoms with van der Waals surface area (Å²) in [6.45, 7) is 9.49. The Bertz CT molecular complexity index is 334. The third-order valence-electron chi connectivity index (χ3n) is 2.47. The molecule has 0 radical (unpaired) electrons. The highest BCUT2D eigenvalue weighted by Gasteiger charge is 2.16. The van der Waals surface area contributed by atoms with Crippen molar-refractivity contribution in [2.75, 3.05) is 26.4 Å². The number of nitrogens with zero attached hydrogens (tertiary/aromatic N) is 1. The van der Waals surface area contributed by atoms with E-state index in [9.17, 15) is 0 Å². The molecule has 4 nitrogen and oxygen atoms in total. The van der Waals surface area contributed by atoms with Crippen molar-refractivity contribution in [3.63, 3.8) is 0 Å². The molecule has 0 bridgehead atoms. The average Bonchev–Trinajstić information content (AvgIpc) is 2.76. The highest BCUT2D eigenvalue weighted by atomic mass is 32.1. The molecule has 1 rings (SSSR count). The monoisotopic (exact) mass is 272 g/mol. The van der Waals surface area contributed by atoms with Gasteiger partial charge in [0.15, 0.2) is 0 Å². The summed E-state index contributed by atoms with van der Waals surface area (Å²) < 4.78 is 5.18. The molecule has 1 heterocycles. The highest BCUT2D eigenvalue weighted by Crippen LogP contribution is 2.23. The fraction of sp³-hybridized carbons (Fsp3) is 0.769. The van der Waals surface area contributed by atoms with E-state index in [1.165, 1.54) is 0 Å². The van der Waals surface area contributed by atoms with Gasteiger partial charge >= 0.3 is 0 Å². The molecule has 18 heavy (non-hydrogen) atoms. The quantitative estimate of drug-likeness (QED) is 0.710. The van der Waals surface area contributed by atoms with Crippen molar-refractivity contribution >= 4 is 11.3 Å². The van der Waals surface area contributed by atoms with E-state index in [2.05, 4.69) is 36.5 Å². The zero-order valence-corrected chi connectivity index (χ0v) is 12.3. The van der Waals surface area contributed by atoms with E-state index < -0.39 is 0 Å².